The molecule has 10 aromatic carbocycles. The first-order valence-electron chi connectivity index (χ1n) is 18.2. The van der Waals surface area contributed by atoms with Gasteiger partial charge in [-0.2, -0.15) is 0 Å². The van der Waals surface area contributed by atoms with Gasteiger partial charge in [-0.3, -0.25) is 4.79 Å². The van der Waals surface area contributed by atoms with Gasteiger partial charge in [-0.15, -0.1) is 0 Å². The zero-order chi connectivity index (χ0) is 34.3. The fraction of sp³-hybridized carbons (Fsp3) is 0.0392. The van der Waals surface area contributed by atoms with Crippen LogP contribution in [-0.4, -0.2) is 5.78 Å². The summed E-state index contributed by atoms with van der Waals surface area (Å²) in [4.78, 5) is 14.8. The van der Waals surface area contributed by atoms with Gasteiger partial charge in [-0.25, -0.2) is 0 Å². The van der Waals surface area contributed by atoms with Gasteiger partial charge >= 0.3 is 0 Å². The fourth-order valence-corrected chi connectivity index (χ4v) is 9.15. The molecule has 1 aliphatic carbocycles. The van der Waals surface area contributed by atoms with Gasteiger partial charge in [0, 0.05) is 11.1 Å². The van der Waals surface area contributed by atoms with Gasteiger partial charge < -0.3 is 0 Å². The molecule has 0 saturated carbocycles. The highest BCUT2D eigenvalue weighted by atomic mass is 16.1. The molecule has 0 aliphatic heterocycles. The number of benzene rings is 10. The van der Waals surface area contributed by atoms with Crippen molar-refractivity contribution in [3.05, 3.63) is 192 Å². The van der Waals surface area contributed by atoms with E-state index in [9.17, 15) is 4.79 Å². The maximum absolute atomic E-state index is 14.8. The smallest absolute Gasteiger partial charge is 0.193 e. The third kappa shape index (κ3) is 4.20. The fourth-order valence-electron chi connectivity index (χ4n) is 9.15. The van der Waals surface area contributed by atoms with E-state index in [1.807, 2.05) is 0 Å². The molecule has 0 atom stereocenters. The second-order valence-electron chi connectivity index (χ2n) is 14.2. The molecule has 0 fully saturated rings. The van der Waals surface area contributed by atoms with Crippen LogP contribution in [0.3, 0.4) is 0 Å². The van der Waals surface area contributed by atoms with Crippen molar-refractivity contribution in [2.75, 3.05) is 0 Å². The lowest BCUT2D eigenvalue weighted by Gasteiger charge is -2.16. The Morgan fingerprint density at radius 2 is 0.596 bits per heavy atom. The summed E-state index contributed by atoms with van der Waals surface area (Å²) in [6, 6.07) is 61.2. The highest BCUT2D eigenvalue weighted by Gasteiger charge is 2.24. The summed E-state index contributed by atoms with van der Waals surface area (Å²) in [5.41, 5.74) is 8.31. The molecular formula is C51H32O. The lowest BCUT2D eigenvalue weighted by molar-refractivity contribution is 0.103. The summed E-state index contributed by atoms with van der Waals surface area (Å²) in [5, 5.41) is 14.9. The van der Waals surface area contributed by atoms with E-state index < -0.39 is 0 Å². The van der Waals surface area contributed by atoms with Crippen LogP contribution in [0.2, 0.25) is 0 Å². The van der Waals surface area contributed by atoms with E-state index in [-0.39, 0.29) is 5.78 Å². The molecule has 52 heavy (non-hydrogen) atoms. The molecule has 1 aliphatic rings. The van der Waals surface area contributed by atoms with Crippen LogP contribution in [0.1, 0.15) is 27.0 Å². The summed E-state index contributed by atoms with van der Waals surface area (Å²) >= 11 is 0. The second kappa shape index (κ2) is 11.2. The van der Waals surface area contributed by atoms with Crippen molar-refractivity contribution in [3.63, 3.8) is 0 Å². The van der Waals surface area contributed by atoms with Crippen LogP contribution >= 0.6 is 0 Å². The minimum atomic E-state index is 0.109. The third-order valence-corrected chi connectivity index (χ3v) is 11.5. The highest BCUT2D eigenvalue weighted by Crippen LogP contribution is 2.43. The highest BCUT2D eigenvalue weighted by molar-refractivity contribution is 6.30. The Morgan fingerprint density at radius 1 is 0.288 bits per heavy atom. The molecule has 0 bridgehead atoms. The standard InChI is InChI=1S/C51H32O/c52-51-47-29-33(35-19-9-21-45-41-13-3-1-11-37(41)39-15-5-7-17-43(39)49(35)45)27-25-31(47)23-24-32-26-28-34(30-48(32)51)36-20-10-22-46-42-14-4-2-12-38(42)40-16-6-8-18-44(40)50(36)46/h1-22,25-30H,23-24H2. The van der Waals surface area contributed by atoms with Crippen LogP contribution in [0, 0.1) is 0 Å². The van der Waals surface area contributed by atoms with Crippen molar-refractivity contribution in [3.8, 4) is 22.3 Å². The molecule has 0 saturated heterocycles. The normalized spacial score (nSPS) is 12.9. The van der Waals surface area contributed by atoms with Gasteiger partial charge in [0.1, 0.15) is 0 Å². The molecule has 11 rings (SSSR count). The number of fused-ring (bicyclic) bond motifs is 14. The lowest BCUT2D eigenvalue weighted by atomic mass is 9.87. The maximum Gasteiger partial charge on any atom is 0.193 e. The predicted molar refractivity (Wildman–Crippen MR) is 220 cm³/mol. The molecule has 0 heterocycles. The number of hydrogen-bond acceptors (Lipinski definition) is 1. The Morgan fingerprint density at radius 3 is 0.962 bits per heavy atom. The van der Waals surface area contributed by atoms with Gasteiger partial charge in [-0.05, 0) is 123 Å². The van der Waals surface area contributed by atoms with Crippen LogP contribution in [-0.2, 0) is 12.8 Å². The van der Waals surface area contributed by atoms with E-state index in [1.165, 1.54) is 64.6 Å². The third-order valence-electron chi connectivity index (χ3n) is 11.5. The van der Waals surface area contributed by atoms with Crippen LogP contribution in [0.15, 0.2) is 170 Å². The number of aryl methyl sites for hydroxylation is 2. The SMILES string of the molecule is O=C1c2cc(-c3cccc4c5ccccc5c5ccccc5c34)ccc2CCc2ccc(-c3cccc4c5ccccc5c5ccccc5c34)cc21. The minimum absolute atomic E-state index is 0.109. The van der Waals surface area contributed by atoms with Crippen LogP contribution in [0.5, 0.6) is 0 Å². The second-order valence-corrected chi connectivity index (χ2v) is 14.2. The average molecular weight is 661 g/mol. The molecule has 0 amide bonds. The van der Waals surface area contributed by atoms with Crippen LogP contribution in [0.25, 0.3) is 86.9 Å². The van der Waals surface area contributed by atoms with E-state index in [4.69, 9.17) is 0 Å². The summed E-state index contributed by atoms with van der Waals surface area (Å²) in [6.45, 7) is 0. The van der Waals surface area contributed by atoms with Crippen molar-refractivity contribution < 1.29 is 4.79 Å². The first-order valence-corrected chi connectivity index (χ1v) is 18.2. The zero-order valence-corrected chi connectivity index (χ0v) is 28.5. The summed E-state index contributed by atoms with van der Waals surface area (Å²) in [6.07, 6.45) is 1.67. The maximum atomic E-state index is 14.8. The Kier molecular flexibility index (Phi) is 6.30. The van der Waals surface area contributed by atoms with Gasteiger partial charge in [0.05, 0.1) is 0 Å². The largest absolute Gasteiger partial charge is 0.289 e. The van der Waals surface area contributed by atoms with E-state index in [2.05, 4.69) is 170 Å². The van der Waals surface area contributed by atoms with E-state index in [0.29, 0.717) is 0 Å². The molecular weight excluding hydrogens is 629 g/mol. The number of carbonyl (C=O) groups is 1. The van der Waals surface area contributed by atoms with Crippen molar-refractivity contribution in [2.45, 2.75) is 12.8 Å². The first kappa shape index (κ1) is 29.2. The number of rotatable bonds is 2. The molecule has 10 aromatic rings. The van der Waals surface area contributed by atoms with Gasteiger partial charge in [-0.1, -0.05) is 158 Å². The Balaban J connectivity index is 1.10. The Labute approximate surface area is 301 Å². The lowest BCUT2D eigenvalue weighted by Crippen LogP contribution is -2.05. The Bertz CT molecular complexity index is 2840. The summed E-state index contributed by atoms with van der Waals surface area (Å²) < 4.78 is 0. The Hall–Kier alpha value is -6.57. The van der Waals surface area contributed by atoms with Gasteiger partial charge in [0.2, 0.25) is 0 Å². The summed E-state index contributed by atoms with van der Waals surface area (Å²) in [5.74, 6) is 0.109. The van der Waals surface area contributed by atoms with Crippen molar-refractivity contribution in [2.24, 2.45) is 0 Å². The minimum Gasteiger partial charge on any atom is -0.289 e. The predicted octanol–water partition coefficient (Wildman–Crippen LogP) is 13.3. The quantitative estimate of drug-likeness (QED) is 0.169. The van der Waals surface area contributed by atoms with Gasteiger partial charge in [0.15, 0.2) is 5.78 Å². The van der Waals surface area contributed by atoms with Crippen LogP contribution < -0.4 is 0 Å². The molecule has 242 valence electrons. The molecule has 0 spiro atoms. The van der Waals surface area contributed by atoms with Crippen molar-refractivity contribution in [1.29, 1.82) is 0 Å². The molecule has 0 N–H and O–H groups in total. The van der Waals surface area contributed by atoms with E-state index in [0.717, 1.165) is 57.3 Å². The van der Waals surface area contributed by atoms with Crippen LogP contribution in [0.4, 0.5) is 0 Å². The van der Waals surface area contributed by atoms with E-state index >= 15 is 0 Å². The summed E-state index contributed by atoms with van der Waals surface area (Å²) in [7, 11) is 0. The van der Waals surface area contributed by atoms with E-state index in [1.54, 1.807) is 0 Å². The number of hydrogen-bond donors (Lipinski definition) is 0. The number of carbonyl (C=O) groups excluding carboxylic acids is 1. The first-order chi connectivity index (χ1) is 25.7. The van der Waals surface area contributed by atoms with Gasteiger partial charge in [0.25, 0.3) is 0 Å². The van der Waals surface area contributed by atoms with Crippen molar-refractivity contribution >= 4 is 70.4 Å². The molecule has 1 heteroatoms. The molecule has 0 aromatic heterocycles. The monoisotopic (exact) mass is 660 g/mol. The molecule has 1 nitrogen and oxygen atoms in total. The zero-order valence-electron chi connectivity index (χ0n) is 28.5. The topological polar surface area (TPSA) is 17.1 Å². The molecule has 0 radical (unpaired) electrons. The van der Waals surface area contributed by atoms with Crippen molar-refractivity contribution in [1.82, 2.24) is 0 Å². The number of ketones is 1. The average Bonchev–Trinajstić information content (AvgIpc) is 3.35. The molecule has 0 unspecified atom stereocenters.